The molecule has 0 aromatic heterocycles. The van der Waals surface area contributed by atoms with E-state index in [0.717, 1.165) is 29.7 Å². The van der Waals surface area contributed by atoms with Gasteiger partial charge in [0.25, 0.3) is 0 Å². The quantitative estimate of drug-likeness (QED) is 0.833. The summed E-state index contributed by atoms with van der Waals surface area (Å²) in [6, 6.07) is 4.30. The minimum Gasteiger partial charge on any atom is -0.335 e. The summed E-state index contributed by atoms with van der Waals surface area (Å²) in [6.45, 7) is 10.3. The Morgan fingerprint density at radius 1 is 1.11 bits per heavy atom. The first kappa shape index (κ1) is 14.6. The van der Waals surface area contributed by atoms with Crippen LogP contribution in [0.25, 0.3) is 0 Å². The SMILES string of the molecule is CCC(CC)NC(=O)Nc1c(C)cc(C)cc1C. The van der Waals surface area contributed by atoms with Crippen LogP contribution in [0.4, 0.5) is 10.5 Å². The van der Waals surface area contributed by atoms with E-state index in [0.29, 0.717) is 0 Å². The molecule has 3 heteroatoms. The molecule has 0 saturated heterocycles. The third-order valence-corrected chi connectivity index (χ3v) is 3.24. The highest BCUT2D eigenvalue weighted by molar-refractivity contribution is 5.91. The fourth-order valence-electron chi connectivity index (χ4n) is 2.21. The lowest BCUT2D eigenvalue weighted by molar-refractivity contribution is 0.247. The monoisotopic (exact) mass is 248 g/mol. The molecule has 100 valence electrons. The van der Waals surface area contributed by atoms with E-state index in [-0.39, 0.29) is 12.1 Å². The molecule has 1 aromatic carbocycles. The van der Waals surface area contributed by atoms with Gasteiger partial charge in [-0.25, -0.2) is 4.79 Å². The molecule has 2 N–H and O–H groups in total. The molecule has 3 nitrogen and oxygen atoms in total. The number of hydrogen-bond acceptors (Lipinski definition) is 1. The van der Waals surface area contributed by atoms with Gasteiger partial charge in [0.1, 0.15) is 0 Å². The predicted molar refractivity (Wildman–Crippen MR) is 77.2 cm³/mol. The number of nitrogens with one attached hydrogen (secondary N) is 2. The molecule has 1 aromatic rings. The van der Waals surface area contributed by atoms with Crippen molar-refractivity contribution in [2.24, 2.45) is 0 Å². The van der Waals surface area contributed by atoms with Crippen LogP contribution in [0.2, 0.25) is 0 Å². The predicted octanol–water partition coefficient (Wildman–Crippen LogP) is 3.92. The van der Waals surface area contributed by atoms with Gasteiger partial charge in [0.2, 0.25) is 0 Å². The number of anilines is 1. The molecule has 0 radical (unpaired) electrons. The van der Waals surface area contributed by atoms with Gasteiger partial charge in [-0.15, -0.1) is 0 Å². The van der Waals surface area contributed by atoms with E-state index in [1.807, 2.05) is 13.8 Å². The zero-order valence-corrected chi connectivity index (χ0v) is 12.1. The van der Waals surface area contributed by atoms with Crippen LogP contribution in [0.15, 0.2) is 12.1 Å². The summed E-state index contributed by atoms with van der Waals surface area (Å²) >= 11 is 0. The normalized spacial score (nSPS) is 10.6. The van der Waals surface area contributed by atoms with Crippen molar-refractivity contribution in [2.45, 2.75) is 53.5 Å². The third-order valence-electron chi connectivity index (χ3n) is 3.24. The minimum absolute atomic E-state index is 0.112. The van der Waals surface area contributed by atoms with Gasteiger partial charge in [-0.05, 0) is 44.7 Å². The molecule has 0 aliphatic carbocycles. The molecule has 1 rings (SSSR count). The van der Waals surface area contributed by atoms with Gasteiger partial charge in [0, 0.05) is 11.7 Å². The van der Waals surface area contributed by atoms with Gasteiger partial charge in [-0.3, -0.25) is 0 Å². The van der Waals surface area contributed by atoms with Crippen molar-refractivity contribution in [1.29, 1.82) is 0 Å². The fourth-order valence-corrected chi connectivity index (χ4v) is 2.21. The van der Waals surface area contributed by atoms with Crippen molar-refractivity contribution >= 4 is 11.7 Å². The first-order valence-corrected chi connectivity index (χ1v) is 6.63. The topological polar surface area (TPSA) is 41.1 Å². The second-order valence-corrected chi connectivity index (χ2v) is 4.89. The second-order valence-electron chi connectivity index (χ2n) is 4.89. The number of carbonyl (C=O) groups excluding carboxylic acids is 1. The Hall–Kier alpha value is -1.51. The summed E-state index contributed by atoms with van der Waals surface area (Å²) in [5.41, 5.74) is 4.35. The van der Waals surface area contributed by atoms with Crippen molar-refractivity contribution in [3.8, 4) is 0 Å². The van der Waals surface area contributed by atoms with Crippen LogP contribution >= 0.6 is 0 Å². The molecule has 0 bridgehead atoms. The van der Waals surface area contributed by atoms with Crippen molar-refractivity contribution in [3.05, 3.63) is 28.8 Å². The van der Waals surface area contributed by atoms with Crippen molar-refractivity contribution in [2.75, 3.05) is 5.32 Å². The Morgan fingerprint density at radius 2 is 1.61 bits per heavy atom. The van der Waals surface area contributed by atoms with E-state index in [4.69, 9.17) is 0 Å². The van der Waals surface area contributed by atoms with E-state index in [2.05, 4.69) is 43.5 Å². The average molecular weight is 248 g/mol. The summed E-state index contributed by atoms with van der Waals surface area (Å²) in [6.07, 6.45) is 1.91. The Morgan fingerprint density at radius 3 is 2.06 bits per heavy atom. The van der Waals surface area contributed by atoms with Crippen molar-refractivity contribution in [1.82, 2.24) is 5.32 Å². The van der Waals surface area contributed by atoms with E-state index in [9.17, 15) is 4.79 Å². The Balaban J connectivity index is 2.76. The fraction of sp³-hybridized carbons (Fsp3) is 0.533. The van der Waals surface area contributed by atoms with Crippen LogP contribution in [-0.4, -0.2) is 12.1 Å². The Bertz CT molecular complexity index is 399. The molecule has 0 saturated carbocycles. The lowest BCUT2D eigenvalue weighted by Gasteiger charge is -2.17. The lowest BCUT2D eigenvalue weighted by atomic mass is 10.1. The smallest absolute Gasteiger partial charge is 0.319 e. The third kappa shape index (κ3) is 3.76. The molecule has 0 heterocycles. The molecular weight excluding hydrogens is 224 g/mol. The van der Waals surface area contributed by atoms with Crippen LogP contribution < -0.4 is 10.6 Å². The molecule has 2 amide bonds. The molecule has 0 fully saturated rings. The molecule has 0 aliphatic rings. The molecule has 0 spiro atoms. The first-order chi connectivity index (χ1) is 8.47. The molecule has 18 heavy (non-hydrogen) atoms. The highest BCUT2D eigenvalue weighted by atomic mass is 16.2. The maximum absolute atomic E-state index is 11.9. The summed E-state index contributed by atoms with van der Waals surface area (Å²) < 4.78 is 0. The van der Waals surface area contributed by atoms with Crippen molar-refractivity contribution in [3.63, 3.8) is 0 Å². The van der Waals surface area contributed by atoms with Gasteiger partial charge < -0.3 is 10.6 Å². The van der Waals surface area contributed by atoms with Crippen LogP contribution in [0, 0.1) is 20.8 Å². The van der Waals surface area contributed by atoms with Gasteiger partial charge in [-0.2, -0.15) is 0 Å². The molecule has 0 aliphatic heterocycles. The number of rotatable bonds is 4. The minimum atomic E-state index is -0.112. The van der Waals surface area contributed by atoms with Crippen LogP contribution in [0.3, 0.4) is 0 Å². The van der Waals surface area contributed by atoms with E-state index < -0.39 is 0 Å². The first-order valence-electron chi connectivity index (χ1n) is 6.63. The largest absolute Gasteiger partial charge is 0.335 e. The number of benzene rings is 1. The lowest BCUT2D eigenvalue weighted by Crippen LogP contribution is -2.37. The standard InChI is InChI=1S/C15H24N2O/c1-6-13(7-2)16-15(18)17-14-11(4)8-10(3)9-12(14)5/h8-9,13H,6-7H2,1-5H3,(H2,16,17,18). The average Bonchev–Trinajstić information content (AvgIpc) is 2.30. The van der Waals surface area contributed by atoms with Crippen LogP contribution in [0.1, 0.15) is 43.4 Å². The highest BCUT2D eigenvalue weighted by Crippen LogP contribution is 2.21. The Kier molecular flexibility index (Phi) is 5.20. The number of carbonyl (C=O) groups is 1. The molecule has 0 unspecified atom stereocenters. The maximum Gasteiger partial charge on any atom is 0.319 e. The maximum atomic E-state index is 11.9. The van der Waals surface area contributed by atoms with Gasteiger partial charge in [0.15, 0.2) is 0 Å². The number of urea groups is 1. The van der Waals surface area contributed by atoms with Crippen LogP contribution in [-0.2, 0) is 0 Å². The second kappa shape index (κ2) is 6.43. The van der Waals surface area contributed by atoms with Gasteiger partial charge in [0.05, 0.1) is 0 Å². The highest BCUT2D eigenvalue weighted by Gasteiger charge is 2.11. The van der Waals surface area contributed by atoms with Crippen molar-refractivity contribution < 1.29 is 4.79 Å². The molecule has 0 atom stereocenters. The zero-order chi connectivity index (χ0) is 13.7. The van der Waals surface area contributed by atoms with Gasteiger partial charge in [-0.1, -0.05) is 31.5 Å². The van der Waals surface area contributed by atoms with E-state index in [1.165, 1.54) is 5.56 Å². The summed E-state index contributed by atoms with van der Waals surface area (Å²) in [7, 11) is 0. The summed E-state index contributed by atoms with van der Waals surface area (Å²) in [5.74, 6) is 0. The number of hydrogen-bond donors (Lipinski definition) is 2. The number of amides is 2. The number of aryl methyl sites for hydroxylation is 3. The van der Waals surface area contributed by atoms with E-state index >= 15 is 0 Å². The summed E-state index contributed by atoms with van der Waals surface area (Å²) in [4.78, 5) is 11.9. The zero-order valence-electron chi connectivity index (χ0n) is 12.1. The Labute approximate surface area is 110 Å². The summed E-state index contributed by atoms with van der Waals surface area (Å²) in [5, 5.41) is 5.94. The van der Waals surface area contributed by atoms with E-state index in [1.54, 1.807) is 0 Å². The van der Waals surface area contributed by atoms with Gasteiger partial charge >= 0.3 is 6.03 Å². The van der Waals surface area contributed by atoms with Crippen LogP contribution in [0.5, 0.6) is 0 Å². The molecular formula is C15H24N2O.